The molecule has 2 N–H and O–H groups in total. The summed E-state index contributed by atoms with van der Waals surface area (Å²) >= 11 is 1.57. The molecule has 4 nitrogen and oxygen atoms in total. The van der Waals surface area contributed by atoms with Gasteiger partial charge in [-0.3, -0.25) is 9.59 Å². The van der Waals surface area contributed by atoms with Gasteiger partial charge in [-0.15, -0.1) is 11.3 Å². The van der Waals surface area contributed by atoms with Crippen molar-refractivity contribution < 1.29 is 14.7 Å². The minimum absolute atomic E-state index is 0.00425. The van der Waals surface area contributed by atoms with Gasteiger partial charge < -0.3 is 10.4 Å². The number of nitrogens with one attached hydrogen (secondary N) is 1. The second kappa shape index (κ2) is 6.19. The number of carboxylic acids is 1. The van der Waals surface area contributed by atoms with Gasteiger partial charge in [0, 0.05) is 11.3 Å². The van der Waals surface area contributed by atoms with Gasteiger partial charge in [0.2, 0.25) is 5.91 Å². The van der Waals surface area contributed by atoms with Crippen molar-refractivity contribution in [1.82, 2.24) is 5.32 Å². The first-order valence-corrected chi connectivity index (χ1v) is 7.21. The van der Waals surface area contributed by atoms with Gasteiger partial charge in [0.1, 0.15) is 0 Å². The highest BCUT2D eigenvalue weighted by Gasteiger charge is 2.38. The molecule has 1 rings (SSSR count). The van der Waals surface area contributed by atoms with E-state index in [2.05, 4.69) is 5.32 Å². The lowest BCUT2D eigenvalue weighted by Crippen LogP contribution is -2.39. The third-order valence-corrected chi connectivity index (χ3v) is 4.69. The van der Waals surface area contributed by atoms with Gasteiger partial charge in [-0.2, -0.15) is 0 Å². The molecule has 1 aromatic heterocycles. The van der Waals surface area contributed by atoms with Crippen LogP contribution in [0, 0.1) is 11.3 Å². The van der Waals surface area contributed by atoms with Crippen LogP contribution in [0.3, 0.4) is 0 Å². The Morgan fingerprint density at radius 3 is 2.47 bits per heavy atom. The summed E-state index contributed by atoms with van der Waals surface area (Å²) in [4.78, 5) is 24.4. The topological polar surface area (TPSA) is 66.4 Å². The maximum atomic E-state index is 12.0. The Balaban J connectivity index is 2.66. The summed E-state index contributed by atoms with van der Waals surface area (Å²) in [5, 5.41) is 14.1. The van der Waals surface area contributed by atoms with E-state index in [1.54, 1.807) is 18.3 Å². The summed E-state index contributed by atoms with van der Waals surface area (Å²) in [5.41, 5.74) is -1.03. The molecule has 0 aliphatic rings. The second-order valence-corrected chi connectivity index (χ2v) is 6.34. The molecule has 0 fully saturated rings. The first kappa shape index (κ1) is 15.7. The van der Waals surface area contributed by atoms with E-state index in [0.29, 0.717) is 0 Å². The highest BCUT2D eigenvalue weighted by Crippen LogP contribution is 2.31. The van der Waals surface area contributed by atoms with E-state index in [4.69, 9.17) is 0 Å². The fourth-order valence-electron chi connectivity index (χ4n) is 1.76. The Labute approximate surface area is 117 Å². The van der Waals surface area contributed by atoms with Crippen molar-refractivity contribution >= 4 is 23.2 Å². The molecule has 106 valence electrons. The minimum atomic E-state index is -1.03. The molecular formula is C14H21NO3S. The molecule has 1 aromatic rings. The SMILES string of the molecule is CC(NC(=O)CC(C)(C(=O)O)C(C)C)c1cccs1. The maximum absolute atomic E-state index is 12.0. The van der Waals surface area contributed by atoms with E-state index in [0.717, 1.165) is 4.88 Å². The van der Waals surface area contributed by atoms with E-state index in [1.165, 1.54) is 0 Å². The lowest BCUT2D eigenvalue weighted by atomic mass is 9.76. The summed E-state index contributed by atoms with van der Waals surface area (Å²) in [6, 6.07) is 3.80. The van der Waals surface area contributed by atoms with Crippen molar-refractivity contribution in [1.29, 1.82) is 0 Å². The molecule has 0 radical (unpaired) electrons. The number of carbonyl (C=O) groups excluding carboxylic acids is 1. The van der Waals surface area contributed by atoms with Crippen LogP contribution in [0.5, 0.6) is 0 Å². The van der Waals surface area contributed by atoms with Crippen LogP contribution in [0.4, 0.5) is 0 Å². The van der Waals surface area contributed by atoms with E-state index in [-0.39, 0.29) is 24.3 Å². The van der Waals surface area contributed by atoms with Gasteiger partial charge in [0.05, 0.1) is 11.5 Å². The predicted molar refractivity (Wildman–Crippen MR) is 76.1 cm³/mol. The van der Waals surface area contributed by atoms with Crippen LogP contribution in [-0.4, -0.2) is 17.0 Å². The number of hydrogen-bond acceptors (Lipinski definition) is 3. The zero-order valence-corrected chi connectivity index (χ0v) is 12.6. The van der Waals surface area contributed by atoms with Crippen LogP contribution >= 0.6 is 11.3 Å². The smallest absolute Gasteiger partial charge is 0.310 e. The standard InChI is InChI=1S/C14H21NO3S/c1-9(2)14(4,13(17)18)8-12(16)15-10(3)11-6-5-7-19-11/h5-7,9-10H,8H2,1-4H3,(H,15,16)(H,17,18). The molecule has 0 aliphatic carbocycles. The van der Waals surface area contributed by atoms with Crippen LogP contribution in [0.25, 0.3) is 0 Å². The number of carbonyl (C=O) groups is 2. The van der Waals surface area contributed by atoms with E-state index >= 15 is 0 Å². The summed E-state index contributed by atoms with van der Waals surface area (Å²) in [6.07, 6.45) is -0.00425. The second-order valence-electron chi connectivity index (χ2n) is 5.36. The van der Waals surface area contributed by atoms with Gasteiger partial charge in [-0.05, 0) is 31.2 Å². The van der Waals surface area contributed by atoms with Crippen molar-refractivity contribution in [3.8, 4) is 0 Å². The van der Waals surface area contributed by atoms with Crippen LogP contribution < -0.4 is 5.32 Å². The maximum Gasteiger partial charge on any atom is 0.310 e. The highest BCUT2D eigenvalue weighted by atomic mass is 32.1. The Bertz CT molecular complexity index is 442. The molecule has 0 aromatic carbocycles. The largest absolute Gasteiger partial charge is 0.481 e. The first-order valence-electron chi connectivity index (χ1n) is 6.33. The minimum Gasteiger partial charge on any atom is -0.481 e. The molecule has 1 amide bonds. The fraction of sp³-hybridized carbons (Fsp3) is 0.571. The van der Waals surface area contributed by atoms with E-state index < -0.39 is 11.4 Å². The van der Waals surface area contributed by atoms with Gasteiger partial charge in [-0.1, -0.05) is 19.9 Å². The average Bonchev–Trinajstić information content (AvgIpc) is 2.81. The third-order valence-electron chi connectivity index (χ3n) is 3.64. The molecule has 2 unspecified atom stereocenters. The van der Waals surface area contributed by atoms with E-state index in [9.17, 15) is 14.7 Å². The van der Waals surface area contributed by atoms with Crippen LogP contribution in [0.15, 0.2) is 17.5 Å². The molecule has 1 heterocycles. The Hall–Kier alpha value is -1.36. The normalized spacial score (nSPS) is 15.8. The zero-order valence-electron chi connectivity index (χ0n) is 11.8. The van der Waals surface area contributed by atoms with Gasteiger partial charge >= 0.3 is 5.97 Å². The number of hydrogen-bond donors (Lipinski definition) is 2. The number of amides is 1. The zero-order chi connectivity index (χ0) is 14.6. The molecule has 0 bridgehead atoms. The third kappa shape index (κ3) is 3.80. The first-order chi connectivity index (χ1) is 8.77. The lowest BCUT2D eigenvalue weighted by molar-refractivity contribution is -0.153. The number of rotatable bonds is 6. The Morgan fingerprint density at radius 1 is 1.42 bits per heavy atom. The Kier molecular flexibility index (Phi) is 5.11. The van der Waals surface area contributed by atoms with E-state index in [1.807, 2.05) is 38.3 Å². The molecule has 2 atom stereocenters. The molecule has 0 saturated heterocycles. The molecular weight excluding hydrogens is 262 g/mol. The summed E-state index contributed by atoms with van der Waals surface area (Å²) in [5.74, 6) is -1.26. The highest BCUT2D eigenvalue weighted by molar-refractivity contribution is 7.10. The van der Waals surface area contributed by atoms with Gasteiger partial charge in [0.25, 0.3) is 0 Å². The molecule has 0 saturated carbocycles. The molecule has 19 heavy (non-hydrogen) atoms. The van der Waals surface area contributed by atoms with Gasteiger partial charge in [0.15, 0.2) is 0 Å². The monoisotopic (exact) mass is 283 g/mol. The summed E-state index contributed by atoms with van der Waals surface area (Å²) in [7, 11) is 0. The van der Waals surface area contributed by atoms with Crippen molar-refractivity contribution in [3.63, 3.8) is 0 Å². The van der Waals surface area contributed by atoms with Crippen molar-refractivity contribution in [2.45, 2.75) is 40.2 Å². The summed E-state index contributed by atoms with van der Waals surface area (Å²) < 4.78 is 0. The van der Waals surface area contributed by atoms with Crippen molar-refractivity contribution in [2.24, 2.45) is 11.3 Å². The summed E-state index contributed by atoms with van der Waals surface area (Å²) in [6.45, 7) is 7.17. The van der Waals surface area contributed by atoms with Gasteiger partial charge in [-0.25, -0.2) is 0 Å². The van der Waals surface area contributed by atoms with Crippen molar-refractivity contribution in [3.05, 3.63) is 22.4 Å². The van der Waals surface area contributed by atoms with Crippen LogP contribution in [0.2, 0.25) is 0 Å². The molecule has 0 aliphatic heterocycles. The molecule has 0 spiro atoms. The Morgan fingerprint density at radius 2 is 2.05 bits per heavy atom. The fourth-order valence-corrected chi connectivity index (χ4v) is 2.50. The van der Waals surface area contributed by atoms with Crippen molar-refractivity contribution in [2.75, 3.05) is 0 Å². The van der Waals surface area contributed by atoms with Crippen LogP contribution in [-0.2, 0) is 9.59 Å². The average molecular weight is 283 g/mol. The predicted octanol–water partition coefficient (Wildman–Crippen LogP) is 3.06. The quantitative estimate of drug-likeness (QED) is 0.843. The molecule has 5 heteroatoms. The number of carboxylic acid groups (broad SMARTS) is 1. The number of aliphatic carboxylic acids is 1. The number of thiophene rings is 1. The van der Waals surface area contributed by atoms with Crippen LogP contribution in [0.1, 0.15) is 45.0 Å². The lowest BCUT2D eigenvalue weighted by Gasteiger charge is -2.28.